The van der Waals surface area contributed by atoms with Crippen LogP contribution in [0.1, 0.15) is 36.2 Å². The minimum Gasteiger partial charge on any atom is -0.478 e. The molecule has 0 saturated carbocycles. The highest BCUT2D eigenvalue weighted by atomic mass is 79.9. The Morgan fingerprint density at radius 2 is 2.05 bits per heavy atom. The standard InChI is InChI=1S/C13H17BrN2O3/c1-13(2,6-11(15)17)16-7-9-4-3-8(12(18)19)5-10(9)14/h3-5,16H,6-7H2,1-2H3,(H2,15,17)(H,18,19). The topological polar surface area (TPSA) is 92.4 Å². The average Bonchev–Trinajstić information content (AvgIpc) is 2.25. The number of primary amides is 1. The number of carboxylic acid groups (broad SMARTS) is 1. The molecule has 0 atom stereocenters. The lowest BCUT2D eigenvalue weighted by Crippen LogP contribution is -2.42. The first-order valence-corrected chi connectivity index (χ1v) is 6.55. The van der Waals surface area contributed by atoms with Crippen LogP contribution in [0.3, 0.4) is 0 Å². The van der Waals surface area contributed by atoms with Crippen molar-refractivity contribution in [1.29, 1.82) is 0 Å². The van der Waals surface area contributed by atoms with E-state index in [4.69, 9.17) is 10.8 Å². The van der Waals surface area contributed by atoms with Crippen molar-refractivity contribution in [3.8, 4) is 0 Å². The number of nitrogens with one attached hydrogen (secondary N) is 1. The molecule has 5 nitrogen and oxygen atoms in total. The van der Waals surface area contributed by atoms with Gasteiger partial charge >= 0.3 is 5.97 Å². The van der Waals surface area contributed by atoms with Crippen LogP contribution >= 0.6 is 15.9 Å². The van der Waals surface area contributed by atoms with Crippen LogP contribution in [0.2, 0.25) is 0 Å². The van der Waals surface area contributed by atoms with Gasteiger partial charge in [-0.2, -0.15) is 0 Å². The molecule has 0 unspecified atom stereocenters. The minimum absolute atomic E-state index is 0.229. The number of carbonyl (C=O) groups is 2. The van der Waals surface area contributed by atoms with E-state index >= 15 is 0 Å². The van der Waals surface area contributed by atoms with Crippen molar-refractivity contribution in [3.05, 3.63) is 33.8 Å². The van der Waals surface area contributed by atoms with Crippen molar-refractivity contribution in [3.63, 3.8) is 0 Å². The van der Waals surface area contributed by atoms with Crippen LogP contribution in [0.5, 0.6) is 0 Å². The number of rotatable bonds is 6. The second-order valence-electron chi connectivity index (χ2n) is 4.99. The number of amides is 1. The highest BCUT2D eigenvalue weighted by molar-refractivity contribution is 9.10. The average molecular weight is 329 g/mol. The van der Waals surface area contributed by atoms with Gasteiger partial charge in [0.1, 0.15) is 0 Å². The summed E-state index contributed by atoms with van der Waals surface area (Å²) in [6.45, 7) is 4.29. The maximum absolute atomic E-state index is 10.9. The Bertz CT molecular complexity index is 501. The van der Waals surface area contributed by atoms with Gasteiger partial charge in [-0.1, -0.05) is 22.0 Å². The number of halogens is 1. The third kappa shape index (κ3) is 5.00. The Morgan fingerprint density at radius 3 is 2.53 bits per heavy atom. The lowest BCUT2D eigenvalue weighted by atomic mass is 9.99. The highest BCUT2D eigenvalue weighted by Crippen LogP contribution is 2.20. The molecule has 0 fully saturated rings. The molecule has 0 aliphatic carbocycles. The lowest BCUT2D eigenvalue weighted by molar-refractivity contribution is -0.119. The van der Waals surface area contributed by atoms with Crippen LogP contribution in [0.15, 0.2) is 22.7 Å². The van der Waals surface area contributed by atoms with E-state index < -0.39 is 11.5 Å². The Hall–Kier alpha value is -1.40. The Morgan fingerprint density at radius 1 is 1.42 bits per heavy atom. The number of nitrogens with two attached hydrogens (primary N) is 1. The van der Waals surface area contributed by atoms with Gasteiger partial charge in [0.05, 0.1) is 5.56 Å². The van der Waals surface area contributed by atoms with E-state index in [2.05, 4.69) is 21.2 Å². The van der Waals surface area contributed by atoms with Gasteiger partial charge in [0.2, 0.25) is 5.91 Å². The first-order chi connectivity index (χ1) is 8.71. The van der Waals surface area contributed by atoms with E-state index in [0.29, 0.717) is 6.54 Å². The fourth-order valence-electron chi connectivity index (χ4n) is 1.66. The van der Waals surface area contributed by atoms with Gasteiger partial charge in [-0.15, -0.1) is 0 Å². The third-order valence-corrected chi connectivity index (χ3v) is 3.41. The molecule has 19 heavy (non-hydrogen) atoms. The van der Waals surface area contributed by atoms with Crippen molar-refractivity contribution in [1.82, 2.24) is 5.32 Å². The van der Waals surface area contributed by atoms with Gasteiger partial charge in [-0.3, -0.25) is 4.79 Å². The molecule has 1 rings (SSSR count). The molecule has 1 amide bonds. The van der Waals surface area contributed by atoms with E-state index in [1.807, 2.05) is 13.8 Å². The SMILES string of the molecule is CC(C)(CC(N)=O)NCc1ccc(C(=O)O)cc1Br. The van der Waals surface area contributed by atoms with Gasteiger partial charge in [0, 0.05) is 23.0 Å². The van der Waals surface area contributed by atoms with Crippen molar-refractivity contribution in [2.45, 2.75) is 32.4 Å². The monoisotopic (exact) mass is 328 g/mol. The zero-order valence-electron chi connectivity index (χ0n) is 10.9. The number of carboxylic acids is 1. The maximum Gasteiger partial charge on any atom is 0.335 e. The third-order valence-electron chi connectivity index (χ3n) is 2.67. The molecule has 0 aliphatic rings. The van der Waals surface area contributed by atoms with Gasteiger partial charge in [-0.05, 0) is 31.5 Å². The summed E-state index contributed by atoms with van der Waals surface area (Å²) in [6, 6.07) is 4.84. The minimum atomic E-state index is -0.964. The lowest BCUT2D eigenvalue weighted by Gasteiger charge is -2.25. The van der Waals surface area contributed by atoms with Crippen LogP contribution < -0.4 is 11.1 Å². The van der Waals surface area contributed by atoms with E-state index in [1.54, 1.807) is 18.2 Å². The summed E-state index contributed by atoms with van der Waals surface area (Å²) >= 11 is 3.34. The van der Waals surface area contributed by atoms with E-state index in [-0.39, 0.29) is 17.9 Å². The number of hydrogen-bond acceptors (Lipinski definition) is 3. The normalized spacial score (nSPS) is 11.3. The zero-order chi connectivity index (χ0) is 14.6. The molecule has 0 bridgehead atoms. The molecular weight excluding hydrogens is 312 g/mol. The predicted octanol–water partition coefficient (Wildman–Crippen LogP) is 1.89. The maximum atomic E-state index is 10.9. The molecule has 1 aromatic carbocycles. The number of hydrogen-bond donors (Lipinski definition) is 3. The molecule has 6 heteroatoms. The molecule has 1 aromatic rings. The Balaban J connectivity index is 2.73. The second kappa shape index (κ2) is 6.16. The summed E-state index contributed by atoms with van der Waals surface area (Å²) in [5, 5.41) is 12.1. The van der Waals surface area contributed by atoms with E-state index in [9.17, 15) is 9.59 Å². The summed E-state index contributed by atoms with van der Waals surface area (Å²) in [5.41, 5.74) is 5.92. The largest absolute Gasteiger partial charge is 0.478 e. The molecule has 0 radical (unpaired) electrons. The summed E-state index contributed by atoms with van der Waals surface area (Å²) < 4.78 is 0.717. The molecule has 0 spiro atoms. The van der Waals surface area contributed by atoms with E-state index in [0.717, 1.165) is 10.0 Å². The van der Waals surface area contributed by atoms with Crippen molar-refractivity contribution in [2.24, 2.45) is 5.73 Å². The Kier molecular flexibility index (Phi) is 5.08. The summed E-state index contributed by atoms with van der Waals surface area (Å²) in [7, 11) is 0. The van der Waals surface area contributed by atoms with Gasteiger partial charge < -0.3 is 16.2 Å². The molecule has 0 aliphatic heterocycles. The second-order valence-corrected chi connectivity index (χ2v) is 5.85. The van der Waals surface area contributed by atoms with Crippen molar-refractivity contribution >= 4 is 27.8 Å². The first kappa shape index (κ1) is 15.7. The van der Waals surface area contributed by atoms with Gasteiger partial charge in [-0.25, -0.2) is 4.79 Å². The van der Waals surface area contributed by atoms with Crippen LogP contribution in [-0.4, -0.2) is 22.5 Å². The van der Waals surface area contributed by atoms with Crippen LogP contribution in [0.25, 0.3) is 0 Å². The Labute approximate surface area is 120 Å². The van der Waals surface area contributed by atoms with E-state index in [1.165, 1.54) is 0 Å². The first-order valence-electron chi connectivity index (χ1n) is 5.76. The molecule has 4 N–H and O–H groups in total. The number of benzene rings is 1. The molecule has 0 heterocycles. The highest BCUT2D eigenvalue weighted by Gasteiger charge is 2.20. The number of aromatic carboxylic acids is 1. The predicted molar refractivity (Wildman–Crippen MR) is 75.8 cm³/mol. The fraction of sp³-hybridized carbons (Fsp3) is 0.385. The van der Waals surface area contributed by atoms with Crippen molar-refractivity contribution < 1.29 is 14.7 Å². The molecule has 0 saturated heterocycles. The smallest absolute Gasteiger partial charge is 0.335 e. The van der Waals surface area contributed by atoms with Crippen LogP contribution in [-0.2, 0) is 11.3 Å². The molecule has 104 valence electrons. The van der Waals surface area contributed by atoms with Crippen LogP contribution in [0.4, 0.5) is 0 Å². The molecular formula is C13H17BrN2O3. The van der Waals surface area contributed by atoms with Crippen LogP contribution in [0, 0.1) is 0 Å². The zero-order valence-corrected chi connectivity index (χ0v) is 12.5. The van der Waals surface area contributed by atoms with Gasteiger partial charge in [0.25, 0.3) is 0 Å². The quantitative estimate of drug-likeness (QED) is 0.743. The summed E-state index contributed by atoms with van der Waals surface area (Å²) in [5.74, 6) is -1.33. The van der Waals surface area contributed by atoms with Crippen molar-refractivity contribution in [2.75, 3.05) is 0 Å². The summed E-state index contributed by atoms with van der Waals surface area (Å²) in [4.78, 5) is 21.7. The number of carbonyl (C=O) groups excluding carboxylic acids is 1. The molecule has 0 aromatic heterocycles. The summed E-state index contributed by atoms with van der Waals surface area (Å²) in [6.07, 6.45) is 0.234. The fourth-order valence-corrected chi connectivity index (χ4v) is 2.18. The van der Waals surface area contributed by atoms with Gasteiger partial charge in [0.15, 0.2) is 0 Å².